The first kappa shape index (κ1) is 16.0. The topological polar surface area (TPSA) is 18.5 Å². The van der Waals surface area contributed by atoms with Crippen molar-refractivity contribution in [2.45, 2.75) is 59.3 Å². The molecule has 0 unspecified atom stereocenters. The van der Waals surface area contributed by atoms with Gasteiger partial charge in [0, 0.05) is 6.61 Å². The van der Waals surface area contributed by atoms with Crippen LogP contribution in [0.2, 0.25) is 0 Å². The first-order valence-electron chi connectivity index (χ1n) is 7.02. The van der Waals surface area contributed by atoms with Gasteiger partial charge >= 0.3 is 0 Å². The second kappa shape index (κ2) is 5.96. The van der Waals surface area contributed by atoms with Gasteiger partial charge in [-0.1, -0.05) is 59.7 Å². The molecule has 19 heavy (non-hydrogen) atoms. The minimum atomic E-state index is 0.0583. The minimum absolute atomic E-state index is 0.0583. The molecule has 1 aromatic carbocycles. The lowest BCUT2D eigenvalue weighted by Gasteiger charge is -2.29. The Morgan fingerprint density at radius 2 is 1.37 bits per heavy atom. The fraction of sp³-hybridized carbons (Fsp3) is 0.647. The van der Waals surface area contributed by atoms with Crippen LogP contribution in [0, 0.1) is 0 Å². The molecule has 0 radical (unpaired) electrons. The van der Waals surface area contributed by atoms with Gasteiger partial charge in [0.05, 0.1) is 0 Å². The lowest BCUT2D eigenvalue weighted by atomic mass is 9.79. The highest BCUT2D eigenvalue weighted by Crippen LogP contribution is 2.39. The molecule has 0 N–H and O–H groups in total. The van der Waals surface area contributed by atoms with Gasteiger partial charge in [-0.05, 0) is 28.9 Å². The summed E-state index contributed by atoms with van der Waals surface area (Å²) in [6.07, 6.45) is 0. The molecule has 0 heterocycles. The lowest BCUT2D eigenvalue weighted by Crippen LogP contribution is -2.20. The van der Waals surface area contributed by atoms with Gasteiger partial charge in [0.1, 0.15) is 5.75 Å². The van der Waals surface area contributed by atoms with Crippen LogP contribution in [0.25, 0.3) is 0 Å². The molecule has 0 fully saturated rings. The predicted molar refractivity (Wildman–Crippen MR) is 81.0 cm³/mol. The van der Waals surface area contributed by atoms with Crippen molar-refractivity contribution in [3.8, 4) is 5.75 Å². The molecule has 1 rings (SSSR count). The van der Waals surface area contributed by atoms with Crippen LogP contribution in [0.4, 0.5) is 0 Å². The Morgan fingerprint density at radius 1 is 0.895 bits per heavy atom. The van der Waals surface area contributed by atoms with Crippen LogP contribution in [-0.4, -0.2) is 13.4 Å². The zero-order valence-electron chi connectivity index (χ0n) is 13.5. The molecule has 0 atom stereocenters. The molecule has 0 amide bonds. The third-order valence-electron chi connectivity index (χ3n) is 3.12. The first-order chi connectivity index (χ1) is 8.68. The van der Waals surface area contributed by atoms with Gasteiger partial charge < -0.3 is 9.47 Å². The maximum absolute atomic E-state index is 5.94. The summed E-state index contributed by atoms with van der Waals surface area (Å²) < 4.78 is 11.3. The average Bonchev–Trinajstić information content (AvgIpc) is 2.26. The molecule has 0 aliphatic heterocycles. The highest BCUT2D eigenvalue weighted by Gasteiger charge is 2.26. The highest BCUT2D eigenvalue weighted by molar-refractivity contribution is 5.48. The molecule has 108 valence electrons. The number of para-hydroxylation sites is 1. The normalized spacial score (nSPS) is 12.6. The standard InChI is InChI=1S/C17H28O2/c1-8-18-12-19-15-13(16(2,3)4)10-9-11-14(15)17(5,6)7/h9-11H,8,12H2,1-7H3. The third-order valence-corrected chi connectivity index (χ3v) is 3.12. The fourth-order valence-corrected chi connectivity index (χ4v) is 2.06. The zero-order chi connectivity index (χ0) is 14.7. The Balaban J connectivity index is 3.25. The third kappa shape index (κ3) is 4.24. The van der Waals surface area contributed by atoms with Gasteiger partial charge in [-0.25, -0.2) is 0 Å². The van der Waals surface area contributed by atoms with Gasteiger partial charge in [-0.3, -0.25) is 0 Å². The molecule has 1 aromatic rings. The number of rotatable bonds is 4. The average molecular weight is 264 g/mol. The van der Waals surface area contributed by atoms with E-state index in [-0.39, 0.29) is 10.8 Å². The van der Waals surface area contributed by atoms with Crippen LogP contribution in [-0.2, 0) is 15.6 Å². The molecule has 0 spiro atoms. The van der Waals surface area contributed by atoms with E-state index in [0.29, 0.717) is 13.4 Å². The molecule has 0 saturated carbocycles. The van der Waals surface area contributed by atoms with E-state index in [0.717, 1.165) is 5.75 Å². The number of hydrogen-bond donors (Lipinski definition) is 0. The van der Waals surface area contributed by atoms with E-state index in [1.54, 1.807) is 0 Å². The zero-order valence-corrected chi connectivity index (χ0v) is 13.5. The van der Waals surface area contributed by atoms with Crippen molar-refractivity contribution in [1.82, 2.24) is 0 Å². The fourth-order valence-electron chi connectivity index (χ4n) is 2.06. The Labute approximate surface area is 118 Å². The Bertz CT molecular complexity index is 376. The predicted octanol–water partition coefficient (Wildman–Crippen LogP) is 4.65. The quantitative estimate of drug-likeness (QED) is 0.582. The monoisotopic (exact) mass is 264 g/mol. The molecule has 0 aliphatic rings. The Hall–Kier alpha value is -1.02. The number of hydrogen-bond acceptors (Lipinski definition) is 2. The van der Waals surface area contributed by atoms with Crippen LogP contribution in [0.3, 0.4) is 0 Å². The van der Waals surface area contributed by atoms with Crippen molar-refractivity contribution in [3.05, 3.63) is 29.3 Å². The van der Waals surface area contributed by atoms with Crippen LogP contribution in [0.5, 0.6) is 5.75 Å². The van der Waals surface area contributed by atoms with E-state index in [1.807, 2.05) is 6.92 Å². The van der Waals surface area contributed by atoms with Crippen molar-refractivity contribution in [1.29, 1.82) is 0 Å². The van der Waals surface area contributed by atoms with Crippen molar-refractivity contribution < 1.29 is 9.47 Å². The molecule has 2 heteroatoms. The van der Waals surface area contributed by atoms with Crippen LogP contribution < -0.4 is 4.74 Å². The summed E-state index contributed by atoms with van der Waals surface area (Å²) in [5.41, 5.74) is 2.59. The van der Waals surface area contributed by atoms with Crippen LogP contribution >= 0.6 is 0 Å². The first-order valence-corrected chi connectivity index (χ1v) is 7.02. The smallest absolute Gasteiger partial charge is 0.189 e. The van der Waals surface area contributed by atoms with Gasteiger partial charge in [-0.2, -0.15) is 0 Å². The van der Waals surface area contributed by atoms with Crippen molar-refractivity contribution in [2.75, 3.05) is 13.4 Å². The molecule has 0 aliphatic carbocycles. The molecule has 0 saturated heterocycles. The van der Waals surface area contributed by atoms with Crippen LogP contribution in [0.1, 0.15) is 59.6 Å². The lowest BCUT2D eigenvalue weighted by molar-refractivity contribution is 0.0203. The van der Waals surface area contributed by atoms with Gasteiger partial charge in [0.25, 0.3) is 0 Å². The molecule has 2 nitrogen and oxygen atoms in total. The second-order valence-electron chi connectivity index (χ2n) is 6.94. The molecule has 0 bridgehead atoms. The molecular weight excluding hydrogens is 236 g/mol. The Kier molecular flexibility index (Phi) is 5.03. The summed E-state index contributed by atoms with van der Waals surface area (Å²) in [6.45, 7) is 16.2. The minimum Gasteiger partial charge on any atom is -0.467 e. The van der Waals surface area contributed by atoms with E-state index >= 15 is 0 Å². The van der Waals surface area contributed by atoms with Gasteiger partial charge in [0.15, 0.2) is 6.79 Å². The summed E-state index contributed by atoms with van der Waals surface area (Å²) >= 11 is 0. The summed E-state index contributed by atoms with van der Waals surface area (Å²) in [5.74, 6) is 0.982. The summed E-state index contributed by atoms with van der Waals surface area (Å²) in [5, 5.41) is 0. The van der Waals surface area contributed by atoms with E-state index in [1.165, 1.54) is 11.1 Å². The second-order valence-corrected chi connectivity index (χ2v) is 6.94. The number of ether oxygens (including phenoxy) is 2. The van der Waals surface area contributed by atoms with E-state index in [9.17, 15) is 0 Å². The van der Waals surface area contributed by atoms with Crippen LogP contribution in [0.15, 0.2) is 18.2 Å². The highest BCUT2D eigenvalue weighted by atomic mass is 16.7. The van der Waals surface area contributed by atoms with Crippen molar-refractivity contribution in [3.63, 3.8) is 0 Å². The summed E-state index contributed by atoms with van der Waals surface area (Å²) in [6, 6.07) is 6.42. The maximum atomic E-state index is 5.94. The van der Waals surface area contributed by atoms with Gasteiger partial charge in [0.2, 0.25) is 0 Å². The Morgan fingerprint density at radius 3 is 1.74 bits per heavy atom. The van der Waals surface area contributed by atoms with E-state index in [2.05, 4.69) is 59.7 Å². The SMILES string of the molecule is CCOCOc1c(C(C)(C)C)cccc1C(C)(C)C. The molecule has 0 aromatic heterocycles. The molecular formula is C17H28O2. The summed E-state index contributed by atoms with van der Waals surface area (Å²) in [4.78, 5) is 0. The van der Waals surface area contributed by atoms with Crippen molar-refractivity contribution >= 4 is 0 Å². The number of benzene rings is 1. The van der Waals surface area contributed by atoms with Gasteiger partial charge in [-0.15, -0.1) is 0 Å². The maximum Gasteiger partial charge on any atom is 0.189 e. The van der Waals surface area contributed by atoms with E-state index < -0.39 is 0 Å². The van der Waals surface area contributed by atoms with E-state index in [4.69, 9.17) is 9.47 Å². The largest absolute Gasteiger partial charge is 0.467 e. The summed E-state index contributed by atoms with van der Waals surface area (Å²) in [7, 11) is 0. The van der Waals surface area contributed by atoms with Crippen molar-refractivity contribution in [2.24, 2.45) is 0 Å².